The van der Waals surface area contributed by atoms with Crippen LogP contribution in [0.15, 0.2) is 35.2 Å². The van der Waals surface area contributed by atoms with E-state index in [1.165, 1.54) is 42.6 Å². The van der Waals surface area contributed by atoms with E-state index in [9.17, 15) is 0 Å². The van der Waals surface area contributed by atoms with E-state index in [2.05, 4.69) is 49.0 Å². The number of likely N-dealkylation sites (N-methyl/N-ethyl adjacent to an activating group) is 1. The SMILES string of the molecule is CSc1ccc(C2=CC(CNC34CC5CC(CC3C5)C4)N(C)O2)cc1. The third kappa shape index (κ3) is 2.73. The molecule has 1 aliphatic heterocycles. The smallest absolute Gasteiger partial charge is 0.152 e. The zero-order valence-corrected chi connectivity index (χ0v) is 16.0. The number of hydroxylamine groups is 2. The lowest BCUT2D eigenvalue weighted by atomic mass is 9.80. The van der Waals surface area contributed by atoms with Crippen molar-refractivity contribution in [3.8, 4) is 0 Å². The van der Waals surface area contributed by atoms with Crippen LogP contribution in [0.4, 0.5) is 0 Å². The highest BCUT2D eigenvalue weighted by Gasteiger charge is 2.57. The maximum Gasteiger partial charge on any atom is 0.152 e. The lowest BCUT2D eigenvalue weighted by Crippen LogP contribution is -2.50. The van der Waals surface area contributed by atoms with E-state index in [1.807, 2.05) is 5.06 Å². The van der Waals surface area contributed by atoms with E-state index in [0.29, 0.717) is 11.6 Å². The third-order valence-corrected chi connectivity index (χ3v) is 7.82. The van der Waals surface area contributed by atoms with Crippen molar-refractivity contribution >= 4 is 17.5 Å². The molecule has 134 valence electrons. The summed E-state index contributed by atoms with van der Waals surface area (Å²) in [6.45, 7) is 0.999. The van der Waals surface area contributed by atoms with Crippen molar-refractivity contribution in [2.45, 2.75) is 48.6 Å². The Morgan fingerprint density at radius 1 is 1.16 bits per heavy atom. The van der Waals surface area contributed by atoms with Crippen LogP contribution in [0.3, 0.4) is 0 Å². The van der Waals surface area contributed by atoms with Crippen LogP contribution >= 0.6 is 11.8 Å². The number of hydrogen-bond donors (Lipinski definition) is 1. The van der Waals surface area contributed by atoms with Gasteiger partial charge in [0.25, 0.3) is 0 Å². The van der Waals surface area contributed by atoms with Gasteiger partial charge in [0.2, 0.25) is 0 Å². The summed E-state index contributed by atoms with van der Waals surface area (Å²) in [5.74, 6) is 3.94. The van der Waals surface area contributed by atoms with Gasteiger partial charge in [0.05, 0.1) is 6.04 Å². The van der Waals surface area contributed by atoms with Crippen molar-refractivity contribution < 1.29 is 4.84 Å². The molecule has 4 fully saturated rings. The third-order valence-electron chi connectivity index (χ3n) is 7.08. The molecule has 3 unspecified atom stereocenters. The highest BCUT2D eigenvalue weighted by atomic mass is 32.2. The number of thioether (sulfide) groups is 1. The monoisotopic (exact) mass is 356 g/mol. The molecule has 4 bridgehead atoms. The van der Waals surface area contributed by atoms with Crippen molar-refractivity contribution in [3.63, 3.8) is 0 Å². The largest absolute Gasteiger partial charge is 0.405 e. The van der Waals surface area contributed by atoms with E-state index >= 15 is 0 Å². The topological polar surface area (TPSA) is 24.5 Å². The molecule has 1 N–H and O–H groups in total. The molecule has 4 aliphatic carbocycles. The van der Waals surface area contributed by atoms with E-state index in [1.54, 1.807) is 11.8 Å². The first kappa shape index (κ1) is 16.2. The van der Waals surface area contributed by atoms with Gasteiger partial charge in [-0.25, -0.2) is 0 Å². The Morgan fingerprint density at radius 3 is 2.56 bits per heavy atom. The zero-order chi connectivity index (χ0) is 17.0. The summed E-state index contributed by atoms with van der Waals surface area (Å²) in [7, 11) is 2.06. The van der Waals surface area contributed by atoms with Crippen molar-refractivity contribution in [3.05, 3.63) is 35.9 Å². The van der Waals surface area contributed by atoms with Gasteiger partial charge in [-0.1, -0.05) is 12.1 Å². The van der Waals surface area contributed by atoms with Crippen molar-refractivity contribution in [2.75, 3.05) is 19.8 Å². The van der Waals surface area contributed by atoms with Crippen molar-refractivity contribution in [2.24, 2.45) is 17.8 Å². The summed E-state index contributed by atoms with van der Waals surface area (Å²) < 4.78 is 0. The van der Waals surface area contributed by atoms with E-state index < -0.39 is 0 Å². The lowest BCUT2D eigenvalue weighted by Gasteiger charge is -2.35. The van der Waals surface area contributed by atoms with Gasteiger partial charge in [0.15, 0.2) is 5.76 Å². The van der Waals surface area contributed by atoms with Crippen LogP contribution in [0.25, 0.3) is 5.76 Å². The fourth-order valence-corrected chi connectivity index (χ4v) is 6.43. The first-order valence-corrected chi connectivity index (χ1v) is 10.9. The van der Waals surface area contributed by atoms with Crippen molar-refractivity contribution in [1.29, 1.82) is 0 Å². The normalized spacial score (nSPS) is 39.0. The number of benzene rings is 1. The van der Waals surface area contributed by atoms with Gasteiger partial charge in [-0.2, -0.15) is 0 Å². The molecule has 1 aromatic carbocycles. The van der Waals surface area contributed by atoms with Crippen LogP contribution in [0.2, 0.25) is 0 Å². The van der Waals surface area contributed by atoms with Gasteiger partial charge >= 0.3 is 0 Å². The van der Waals surface area contributed by atoms with Gasteiger partial charge < -0.3 is 10.2 Å². The molecule has 4 heteroatoms. The second-order valence-corrected chi connectivity index (χ2v) is 9.43. The second kappa shape index (κ2) is 6.04. The molecule has 4 saturated carbocycles. The second-order valence-electron chi connectivity index (χ2n) is 8.55. The minimum Gasteiger partial charge on any atom is -0.405 e. The van der Waals surface area contributed by atoms with Gasteiger partial charge in [-0.05, 0) is 74.3 Å². The molecule has 0 spiro atoms. The Balaban J connectivity index is 1.27. The first-order valence-electron chi connectivity index (χ1n) is 9.67. The average molecular weight is 357 g/mol. The molecule has 3 nitrogen and oxygen atoms in total. The van der Waals surface area contributed by atoms with Gasteiger partial charge in [-0.15, -0.1) is 16.8 Å². The minimum atomic E-state index is 0.322. The Morgan fingerprint density at radius 2 is 1.88 bits per heavy atom. The predicted octanol–water partition coefficient (Wildman–Crippen LogP) is 4.16. The molecule has 1 aromatic rings. The molecule has 0 saturated heterocycles. The molecular weight excluding hydrogens is 328 g/mol. The molecule has 0 aromatic heterocycles. The fraction of sp³-hybridized carbons (Fsp3) is 0.619. The van der Waals surface area contributed by atoms with E-state index in [4.69, 9.17) is 4.84 Å². The Bertz CT molecular complexity index is 672. The van der Waals surface area contributed by atoms with Gasteiger partial charge in [0, 0.05) is 29.6 Å². The molecule has 5 aliphatic rings. The Hall–Kier alpha value is -0.970. The standard InChI is InChI=1S/C21H28N2OS/c1-23-18(10-20(24-23)16-3-5-19(25-2)6-4-16)13-22-21-11-14-7-15(12-21)9-17(21)8-14/h3-6,10,14-15,17-18,22H,7-9,11-13H2,1-2H3. The molecule has 25 heavy (non-hydrogen) atoms. The molecule has 3 atom stereocenters. The van der Waals surface area contributed by atoms with E-state index in [-0.39, 0.29) is 0 Å². The quantitative estimate of drug-likeness (QED) is 0.801. The minimum absolute atomic E-state index is 0.322. The summed E-state index contributed by atoms with van der Waals surface area (Å²) in [5.41, 5.74) is 1.62. The van der Waals surface area contributed by atoms with Crippen LogP contribution < -0.4 is 5.32 Å². The first-order chi connectivity index (χ1) is 12.1. The van der Waals surface area contributed by atoms with Gasteiger partial charge in [-0.3, -0.25) is 0 Å². The molecular formula is C21H28N2OS. The summed E-state index contributed by atoms with van der Waals surface area (Å²) in [6, 6.07) is 8.99. The maximum absolute atomic E-state index is 6.04. The van der Waals surface area contributed by atoms with Crippen LogP contribution in [0.5, 0.6) is 0 Å². The van der Waals surface area contributed by atoms with Crippen LogP contribution in [0, 0.1) is 17.8 Å². The van der Waals surface area contributed by atoms with Crippen LogP contribution in [-0.2, 0) is 4.84 Å². The Labute approximate surface area is 155 Å². The highest BCUT2D eigenvalue weighted by Crippen LogP contribution is 2.60. The highest BCUT2D eigenvalue weighted by molar-refractivity contribution is 7.98. The zero-order valence-electron chi connectivity index (χ0n) is 15.2. The number of rotatable bonds is 5. The van der Waals surface area contributed by atoms with Crippen molar-refractivity contribution in [1.82, 2.24) is 10.4 Å². The predicted molar refractivity (Wildman–Crippen MR) is 103 cm³/mol. The maximum atomic E-state index is 6.04. The number of nitrogens with one attached hydrogen (secondary N) is 1. The molecule has 6 rings (SSSR count). The van der Waals surface area contributed by atoms with Crippen LogP contribution in [-0.4, -0.2) is 36.5 Å². The van der Waals surface area contributed by atoms with E-state index in [0.717, 1.165) is 30.1 Å². The fourth-order valence-electron chi connectivity index (χ4n) is 6.02. The summed E-state index contributed by atoms with van der Waals surface area (Å²) in [4.78, 5) is 7.33. The average Bonchev–Trinajstić information content (AvgIpc) is 3.19. The number of hydrogen-bond acceptors (Lipinski definition) is 4. The molecule has 0 amide bonds. The summed E-state index contributed by atoms with van der Waals surface area (Å²) >= 11 is 1.77. The summed E-state index contributed by atoms with van der Waals surface area (Å²) in [6.07, 6.45) is 11.7. The number of nitrogens with zero attached hydrogens (tertiary/aromatic N) is 1. The lowest BCUT2D eigenvalue weighted by molar-refractivity contribution is -0.0661. The van der Waals surface area contributed by atoms with Gasteiger partial charge in [0.1, 0.15) is 0 Å². The molecule has 0 radical (unpaired) electrons. The Kier molecular flexibility index (Phi) is 3.92. The summed E-state index contributed by atoms with van der Waals surface area (Å²) in [5, 5.41) is 6.03. The van der Waals surface area contributed by atoms with Crippen LogP contribution in [0.1, 0.15) is 37.7 Å². The molecule has 1 heterocycles.